The van der Waals surface area contributed by atoms with Crippen molar-refractivity contribution in [2.75, 3.05) is 18.4 Å². The molecule has 0 radical (unpaired) electrons. The summed E-state index contributed by atoms with van der Waals surface area (Å²) in [6.45, 7) is 1.36. The number of likely N-dealkylation sites (tertiary alicyclic amines) is 1. The van der Waals surface area contributed by atoms with Crippen LogP contribution in [0.5, 0.6) is 0 Å². The van der Waals surface area contributed by atoms with Crippen LogP contribution in [0.2, 0.25) is 0 Å². The van der Waals surface area contributed by atoms with Gasteiger partial charge in [0.2, 0.25) is 5.91 Å². The van der Waals surface area contributed by atoms with E-state index in [4.69, 9.17) is 5.26 Å². The van der Waals surface area contributed by atoms with Crippen LogP contribution in [-0.2, 0) is 4.79 Å². The predicted molar refractivity (Wildman–Crippen MR) is 99.5 cm³/mol. The van der Waals surface area contributed by atoms with Gasteiger partial charge in [-0.1, -0.05) is 36.8 Å². The number of hydrogen-bond donors (Lipinski definition) is 1. The smallest absolute Gasteiger partial charge is 0.239 e. The van der Waals surface area contributed by atoms with Gasteiger partial charge in [-0.2, -0.15) is 5.26 Å². The van der Waals surface area contributed by atoms with Crippen LogP contribution in [0.3, 0.4) is 0 Å². The third-order valence-corrected chi connectivity index (χ3v) is 6.39. The number of rotatable bonds is 4. The van der Waals surface area contributed by atoms with Gasteiger partial charge >= 0.3 is 0 Å². The first kappa shape index (κ1) is 16.3. The lowest BCUT2D eigenvalue weighted by atomic mass is 9.87. The molecule has 4 rings (SSSR count). The molecule has 1 aliphatic heterocycles. The number of carbonyl (C=O) groups excluding carboxylic acids is 1. The Kier molecular flexibility index (Phi) is 4.56. The Morgan fingerprint density at radius 3 is 2.92 bits per heavy atom. The number of carbonyl (C=O) groups is 1. The van der Waals surface area contributed by atoms with E-state index in [0.717, 1.165) is 6.54 Å². The molecule has 2 aromatic rings. The van der Waals surface area contributed by atoms with Crippen molar-refractivity contribution >= 4 is 22.2 Å². The van der Waals surface area contributed by atoms with Gasteiger partial charge in [0.05, 0.1) is 12.1 Å². The minimum atomic E-state index is -0.0155. The molecule has 0 bridgehead atoms. The number of fused-ring (bicyclic) bond motifs is 1. The molecule has 1 saturated carbocycles. The maximum atomic E-state index is 12.5. The number of amides is 1. The highest BCUT2D eigenvalue weighted by Crippen LogP contribution is 2.46. The predicted octanol–water partition coefficient (Wildman–Crippen LogP) is 3.83. The van der Waals surface area contributed by atoms with Crippen LogP contribution in [0.25, 0.3) is 0 Å². The van der Waals surface area contributed by atoms with Gasteiger partial charge in [-0.25, -0.2) is 0 Å². The van der Waals surface area contributed by atoms with E-state index >= 15 is 0 Å². The Labute approximate surface area is 152 Å². The van der Waals surface area contributed by atoms with Gasteiger partial charge in [-0.15, -0.1) is 11.3 Å². The molecule has 1 N–H and O–H groups in total. The summed E-state index contributed by atoms with van der Waals surface area (Å²) in [5.41, 5.74) is 1.94. The molecule has 3 unspecified atom stereocenters. The van der Waals surface area contributed by atoms with Gasteiger partial charge in [0.25, 0.3) is 0 Å². The number of benzene rings is 1. The minimum absolute atomic E-state index is 0.0155. The second-order valence-electron chi connectivity index (χ2n) is 6.93. The minimum Gasteiger partial charge on any atom is -0.315 e. The van der Waals surface area contributed by atoms with Gasteiger partial charge in [-0.05, 0) is 35.8 Å². The molecule has 1 saturated heterocycles. The zero-order chi connectivity index (χ0) is 17.2. The average molecular weight is 351 g/mol. The standard InChI is InChI=1S/C20H21N3OS/c21-11-15-9-10-25-20(15)22-19(24)13-23-12-17(14-5-2-1-3-6-14)16-7-4-8-18(16)23/h1-3,5-6,9-10,16-18H,4,7-8,12-13H2,(H,22,24). The van der Waals surface area contributed by atoms with E-state index in [0.29, 0.717) is 35.0 Å². The molecule has 2 heterocycles. The summed E-state index contributed by atoms with van der Waals surface area (Å²) in [6.07, 6.45) is 3.69. The van der Waals surface area contributed by atoms with Crippen LogP contribution >= 0.6 is 11.3 Å². The van der Waals surface area contributed by atoms with Crippen LogP contribution in [0, 0.1) is 17.2 Å². The molecular weight excluding hydrogens is 330 g/mol. The van der Waals surface area contributed by atoms with E-state index in [1.165, 1.54) is 36.2 Å². The molecule has 1 aromatic carbocycles. The average Bonchev–Trinajstić information content (AvgIpc) is 3.33. The van der Waals surface area contributed by atoms with Crippen LogP contribution in [0.4, 0.5) is 5.00 Å². The second kappa shape index (κ2) is 6.99. The Morgan fingerprint density at radius 2 is 2.12 bits per heavy atom. The highest BCUT2D eigenvalue weighted by Gasteiger charge is 2.45. The molecule has 4 nitrogen and oxygen atoms in total. The van der Waals surface area contributed by atoms with Gasteiger partial charge in [0.1, 0.15) is 11.1 Å². The summed E-state index contributed by atoms with van der Waals surface area (Å²) in [5.74, 6) is 1.17. The fourth-order valence-electron chi connectivity index (χ4n) is 4.49. The molecule has 3 atom stereocenters. The van der Waals surface area contributed by atoms with Crippen molar-refractivity contribution in [2.45, 2.75) is 31.2 Å². The molecule has 25 heavy (non-hydrogen) atoms. The molecule has 2 aliphatic rings. The Hall–Kier alpha value is -2.16. The van der Waals surface area contributed by atoms with Gasteiger partial charge in [0.15, 0.2) is 0 Å². The van der Waals surface area contributed by atoms with Crippen molar-refractivity contribution in [1.29, 1.82) is 5.26 Å². The molecule has 1 aromatic heterocycles. The lowest BCUT2D eigenvalue weighted by molar-refractivity contribution is -0.117. The number of nitrogens with zero attached hydrogens (tertiary/aromatic N) is 2. The van der Waals surface area contributed by atoms with E-state index < -0.39 is 0 Å². The molecule has 5 heteroatoms. The molecule has 0 spiro atoms. The van der Waals surface area contributed by atoms with E-state index in [1.54, 1.807) is 6.07 Å². The highest BCUT2D eigenvalue weighted by molar-refractivity contribution is 7.14. The molecule has 1 aliphatic carbocycles. The van der Waals surface area contributed by atoms with E-state index in [9.17, 15) is 4.79 Å². The third kappa shape index (κ3) is 3.20. The van der Waals surface area contributed by atoms with Crippen molar-refractivity contribution in [3.63, 3.8) is 0 Å². The number of thiophene rings is 1. The maximum absolute atomic E-state index is 12.5. The van der Waals surface area contributed by atoms with Crippen molar-refractivity contribution in [1.82, 2.24) is 4.90 Å². The van der Waals surface area contributed by atoms with Crippen LogP contribution in [-0.4, -0.2) is 29.9 Å². The Bertz CT molecular complexity index is 795. The largest absolute Gasteiger partial charge is 0.315 e. The molecule has 128 valence electrons. The summed E-state index contributed by atoms with van der Waals surface area (Å²) < 4.78 is 0. The maximum Gasteiger partial charge on any atom is 0.239 e. The van der Waals surface area contributed by atoms with E-state index in [2.05, 4.69) is 46.6 Å². The molecule has 1 amide bonds. The summed E-state index contributed by atoms with van der Waals surface area (Å²) in [7, 11) is 0. The van der Waals surface area contributed by atoms with Gasteiger partial charge in [0, 0.05) is 18.5 Å². The number of anilines is 1. The topological polar surface area (TPSA) is 56.1 Å². The fraction of sp³-hybridized carbons (Fsp3) is 0.400. The summed E-state index contributed by atoms with van der Waals surface area (Å²) in [4.78, 5) is 14.9. The molecular formula is C20H21N3OS. The van der Waals surface area contributed by atoms with Crippen molar-refractivity contribution in [2.24, 2.45) is 5.92 Å². The Morgan fingerprint density at radius 1 is 1.28 bits per heavy atom. The van der Waals surface area contributed by atoms with Crippen molar-refractivity contribution in [3.05, 3.63) is 52.9 Å². The Balaban J connectivity index is 1.46. The highest BCUT2D eigenvalue weighted by atomic mass is 32.1. The van der Waals surface area contributed by atoms with Gasteiger partial charge in [-0.3, -0.25) is 9.69 Å². The number of nitrogens with one attached hydrogen (secondary N) is 1. The quantitative estimate of drug-likeness (QED) is 0.911. The fourth-order valence-corrected chi connectivity index (χ4v) is 5.25. The van der Waals surface area contributed by atoms with E-state index in [1.807, 2.05) is 5.38 Å². The number of hydrogen-bond acceptors (Lipinski definition) is 4. The van der Waals surface area contributed by atoms with E-state index in [-0.39, 0.29) is 5.91 Å². The normalized spacial score (nSPS) is 25.5. The van der Waals surface area contributed by atoms with Crippen molar-refractivity contribution < 1.29 is 4.79 Å². The van der Waals surface area contributed by atoms with Crippen LogP contribution < -0.4 is 5.32 Å². The van der Waals surface area contributed by atoms with Gasteiger partial charge < -0.3 is 5.32 Å². The first-order chi connectivity index (χ1) is 12.3. The lowest BCUT2D eigenvalue weighted by Crippen LogP contribution is -2.37. The monoisotopic (exact) mass is 351 g/mol. The summed E-state index contributed by atoms with van der Waals surface area (Å²) >= 11 is 1.40. The van der Waals surface area contributed by atoms with Crippen molar-refractivity contribution in [3.8, 4) is 6.07 Å². The van der Waals surface area contributed by atoms with Crippen LogP contribution in [0.15, 0.2) is 41.8 Å². The lowest BCUT2D eigenvalue weighted by Gasteiger charge is -2.22. The first-order valence-corrected chi connectivity index (χ1v) is 9.70. The van der Waals surface area contributed by atoms with Crippen LogP contribution in [0.1, 0.15) is 36.3 Å². The SMILES string of the molecule is N#Cc1ccsc1NC(=O)CN1CC(c2ccccc2)C2CCCC21. The first-order valence-electron chi connectivity index (χ1n) is 8.82. The zero-order valence-corrected chi connectivity index (χ0v) is 14.8. The number of nitriles is 1. The summed E-state index contributed by atoms with van der Waals surface area (Å²) in [6, 6.07) is 15.1. The third-order valence-electron chi connectivity index (χ3n) is 5.56. The zero-order valence-electron chi connectivity index (χ0n) is 14.0. The summed E-state index contributed by atoms with van der Waals surface area (Å²) in [5, 5.41) is 14.5. The molecule has 2 fully saturated rings. The second-order valence-corrected chi connectivity index (χ2v) is 7.85.